The summed E-state index contributed by atoms with van der Waals surface area (Å²) in [6.45, 7) is 2.78. The lowest BCUT2D eigenvalue weighted by atomic mass is 9.91. The SMILES string of the molecule is CC(=O)Oc1cccc2cc3c(cc12)C(OC(C)=O)CC=C3. The zero-order chi connectivity index (χ0) is 15.7. The summed E-state index contributed by atoms with van der Waals surface area (Å²) < 4.78 is 10.7. The van der Waals surface area contributed by atoms with Gasteiger partial charge in [-0.05, 0) is 29.1 Å². The highest BCUT2D eigenvalue weighted by molar-refractivity contribution is 5.93. The van der Waals surface area contributed by atoms with Gasteiger partial charge in [0.15, 0.2) is 0 Å². The Kier molecular flexibility index (Phi) is 3.67. The van der Waals surface area contributed by atoms with Crippen molar-refractivity contribution in [1.82, 2.24) is 0 Å². The number of benzene rings is 2. The standard InChI is InChI=1S/C18H16O4/c1-11(19)21-17-7-3-5-13-9-14-6-4-8-18(22-12(2)20)16(14)10-15(13)17/h3-7,9-10,18H,8H2,1-2H3. The number of carbonyl (C=O) groups is 2. The van der Waals surface area contributed by atoms with Crippen LogP contribution in [-0.2, 0) is 14.3 Å². The summed E-state index contributed by atoms with van der Waals surface area (Å²) >= 11 is 0. The third-order valence-corrected chi connectivity index (χ3v) is 3.60. The number of fused-ring (bicyclic) bond motifs is 2. The van der Waals surface area contributed by atoms with Crippen molar-refractivity contribution in [3.05, 3.63) is 47.5 Å². The second kappa shape index (κ2) is 5.64. The van der Waals surface area contributed by atoms with E-state index in [-0.39, 0.29) is 18.0 Å². The molecule has 1 aliphatic carbocycles. The normalized spacial score (nSPS) is 16.2. The molecule has 0 fully saturated rings. The smallest absolute Gasteiger partial charge is 0.308 e. The Hall–Kier alpha value is -2.62. The van der Waals surface area contributed by atoms with Gasteiger partial charge in [0, 0.05) is 31.2 Å². The predicted molar refractivity (Wildman–Crippen MR) is 83.4 cm³/mol. The maximum absolute atomic E-state index is 11.3. The summed E-state index contributed by atoms with van der Waals surface area (Å²) in [5, 5.41) is 1.81. The van der Waals surface area contributed by atoms with Gasteiger partial charge in [0.1, 0.15) is 11.9 Å². The van der Waals surface area contributed by atoms with E-state index in [2.05, 4.69) is 0 Å². The molecular formula is C18H16O4. The number of carbonyl (C=O) groups excluding carboxylic acids is 2. The van der Waals surface area contributed by atoms with Crippen molar-refractivity contribution in [3.63, 3.8) is 0 Å². The number of esters is 2. The fourth-order valence-electron chi connectivity index (χ4n) is 2.76. The van der Waals surface area contributed by atoms with Crippen LogP contribution in [0.2, 0.25) is 0 Å². The van der Waals surface area contributed by atoms with E-state index in [1.54, 1.807) is 6.07 Å². The number of hydrogen-bond donors (Lipinski definition) is 0. The molecule has 2 aromatic rings. The Balaban J connectivity index is 2.15. The van der Waals surface area contributed by atoms with Gasteiger partial charge in [0.25, 0.3) is 0 Å². The topological polar surface area (TPSA) is 52.6 Å². The second-order valence-corrected chi connectivity index (χ2v) is 5.29. The van der Waals surface area contributed by atoms with Crippen molar-refractivity contribution in [2.75, 3.05) is 0 Å². The van der Waals surface area contributed by atoms with Gasteiger partial charge in [-0.1, -0.05) is 24.3 Å². The summed E-state index contributed by atoms with van der Waals surface area (Å²) in [7, 11) is 0. The molecule has 0 bridgehead atoms. The lowest BCUT2D eigenvalue weighted by Crippen LogP contribution is -2.11. The Morgan fingerprint density at radius 1 is 1.14 bits per heavy atom. The quantitative estimate of drug-likeness (QED) is 0.625. The van der Waals surface area contributed by atoms with Crippen LogP contribution in [0.25, 0.3) is 16.8 Å². The van der Waals surface area contributed by atoms with E-state index < -0.39 is 0 Å². The zero-order valence-corrected chi connectivity index (χ0v) is 12.5. The summed E-state index contributed by atoms with van der Waals surface area (Å²) in [4.78, 5) is 22.5. The van der Waals surface area contributed by atoms with Gasteiger partial charge in [-0.25, -0.2) is 0 Å². The van der Waals surface area contributed by atoms with E-state index in [1.807, 2.05) is 36.4 Å². The van der Waals surface area contributed by atoms with Crippen LogP contribution in [-0.4, -0.2) is 11.9 Å². The van der Waals surface area contributed by atoms with Crippen LogP contribution < -0.4 is 4.74 Å². The fourth-order valence-corrected chi connectivity index (χ4v) is 2.76. The summed E-state index contributed by atoms with van der Waals surface area (Å²) in [6, 6.07) is 9.54. The molecule has 112 valence electrons. The zero-order valence-electron chi connectivity index (χ0n) is 12.5. The van der Waals surface area contributed by atoms with Gasteiger partial charge >= 0.3 is 11.9 Å². The van der Waals surface area contributed by atoms with Crippen LogP contribution in [0.4, 0.5) is 0 Å². The summed E-state index contributed by atoms with van der Waals surface area (Å²) in [5.41, 5.74) is 1.95. The Morgan fingerprint density at radius 2 is 1.95 bits per heavy atom. The van der Waals surface area contributed by atoms with Gasteiger partial charge in [-0.2, -0.15) is 0 Å². The van der Waals surface area contributed by atoms with Crippen molar-refractivity contribution in [2.45, 2.75) is 26.4 Å². The molecule has 4 nitrogen and oxygen atoms in total. The van der Waals surface area contributed by atoms with Gasteiger partial charge in [-0.3, -0.25) is 9.59 Å². The highest BCUT2D eigenvalue weighted by Crippen LogP contribution is 2.36. The highest BCUT2D eigenvalue weighted by Gasteiger charge is 2.21. The van der Waals surface area contributed by atoms with Crippen LogP contribution >= 0.6 is 0 Å². The average molecular weight is 296 g/mol. The first-order chi connectivity index (χ1) is 10.5. The number of rotatable bonds is 2. The van der Waals surface area contributed by atoms with Crippen LogP contribution in [0.15, 0.2) is 36.4 Å². The number of ether oxygens (including phenoxy) is 2. The first-order valence-corrected chi connectivity index (χ1v) is 7.13. The van der Waals surface area contributed by atoms with E-state index in [0.29, 0.717) is 12.2 Å². The molecule has 0 amide bonds. The molecule has 0 spiro atoms. The molecule has 0 saturated carbocycles. The van der Waals surface area contributed by atoms with Crippen molar-refractivity contribution in [2.24, 2.45) is 0 Å². The third kappa shape index (κ3) is 2.72. The molecule has 4 heteroatoms. The molecule has 0 saturated heterocycles. The van der Waals surface area contributed by atoms with Crippen molar-refractivity contribution < 1.29 is 19.1 Å². The molecule has 22 heavy (non-hydrogen) atoms. The molecular weight excluding hydrogens is 280 g/mol. The van der Waals surface area contributed by atoms with E-state index in [1.165, 1.54) is 13.8 Å². The molecule has 1 aliphatic rings. The molecule has 3 rings (SSSR count). The largest absolute Gasteiger partial charge is 0.457 e. The molecule has 0 aromatic heterocycles. The maximum Gasteiger partial charge on any atom is 0.308 e. The Bertz CT molecular complexity index is 789. The predicted octanol–water partition coefficient (Wildman–Crippen LogP) is 3.79. The monoisotopic (exact) mass is 296 g/mol. The molecule has 0 N–H and O–H groups in total. The lowest BCUT2D eigenvalue weighted by molar-refractivity contribution is -0.146. The minimum Gasteiger partial charge on any atom is -0.457 e. The molecule has 0 aliphatic heterocycles. The minimum absolute atomic E-state index is 0.299. The molecule has 0 heterocycles. The third-order valence-electron chi connectivity index (χ3n) is 3.60. The Labute approximate surface area is 128 Å². The minimum atomic E-state index is -0.360. The summed E-state index contributed by atoms with van der Waals surface area (Å²) in [6.07, 6.45) is 4.37. The maximum atomic E-state index is 11.3. The van der Waals surface area contributed by atoms with Crippen LogP contribution in [0.5, 0.6) is 5.75 Å². The van der Waals surface area contributed by atoms with Gasteiger partial charge in [-0.15, -0.1) is 0 Å². The average Bonchev–Trinajstić information content (AvgIpc) is 2.45. The van der Waals surface area contributed by atoms with Crippen LogP contribution in [0.3, 0.4) is 0 Å². The highest BCUT2D eigenvalue weighted by atomic mass is 16.5. The van der Waals surface area contributed by atoms with Crippen molar-refractivity contribution in [3.8, 4) is 5.75 Å². The van der Waals surface area contributed by atoms with Crippen LogP contribution in [0, 0.1) is 0 Å². The molecule has 2 aromatic carbocycles. The number of hydrogen-bond acceptors (Lipinski definition) is 4. The lowest BCUT2D eigenvalue weighted by Gasteiger charge is -2.22. The molecule has 1 atom stereocenters. The first kappa shape index (κ1) is 14.3. The van der Waals surface area contributed by atoms with Crippen molar-refractivity contribution >= 4 is 28.8 Å². The van der Waals surface area contributed by atoms with Crippen molar-refractivity contribution in [1.29, 1.82) is 0 Å². The van der Waals surface area contributed by atoms with Crippen LogP contribution in [0.1, 0.15) is 37.5 Å². The Morgan fingerprint density at radius 3 is 2.68 bits per heavy atom. The molecule has 0 radical (unpaired) electrons. The van der Waals surface area contributed by atoms with Gasteiger partial charge < -0.3 is 9.47 Å². The van der Waals surface area contributed by atoms with E-state index in [4.69, 9.17) is 9.47 Å². The van der Waals surface area contributed by atoms with E-state index >= 15 is 0 Å². The molecule has 1 unspecified atom stereocenters. The van der Waals surface area contributed by atoms with Gasteiger partial charge in [0.05, 0.1) is 0 Å². The first-order valence-electron chi connectivity index (χ1n) is 7.13. The van der Waals surface area contributed by atoms with Gasteiger partial charge in [0.2, 0.25) is 0 Å². The summed E-state index contributed by atoms with van der Waals surface area (Å²) in [5.74, 6) is -0.148. The second-order valence-electron chi connectivity index (χ2n) is 5.29. The fraction of sp³-hybridized carbons (Fsp3) is 0.222. The van der Waals surface area contributed by atoms with E-state index in [9.17, 15) is 9.59 Å². The van der Waals surface area contributed by atoms with E-state index in [0.717, 1.165) is 21.9 Å².